The molecule has 3 rings (SSSR count). The molecular weight excluding hydrogens is 451 g/mol. The second-order valence-corrected chi connectivity index (χ2v) is 8.01. The van der Waals surface area contributed by atoms with Gasteiger partial charge in [-0.25, -0.2) is 0 Å². The van der Waals surface area contributed by atoms with Crippen LogP contribution in [0.15, 0.2) is 34.9 Å². The van der Waals surface area contributed by atoms with Crippen LogP contribution in [0.5, 0.6) is 11.5 Å². The highest BCUT2D eigenvalue weighted by molar-refractivity contribution is 5.85. The van der Waals surface area contributed by atoms with Gasteiger partial charge in [0, 0.05) is 12.0 Å². The molecule has 1 N–H and O–H groups in total. The van der Waals surface area contributed by atoms with Crippen LogP contribution < -0.4 is 9.47 Å². The third kappa shape index (κ3) is 6.21. The maximum absolute atomic E-state index is 13.2. The van der Waals surface area contributed by atoms with Crippen molar-refractivity contribution in [1.29, 1.82) is 0 Å². The van der Waals surface area contributed by atoms with Crippen molar-refractivity contribution in [3.63, 3.8) is 0 Å². The molecule has 0 aliphatic carbocycles. The topological polar surface area (TPSA) is 81.8 Å². The van der Waals surface area contributed by atoms with E-state index in [0.717, 1.165) is 24.0 Å². The van der Waals surface area contributed by atoms with E-state index in [-0.39, 0.29) is 17.4 Å². The molecule has 2 aromatic carbocycles. The van der Waals surface area contributed by atoms with Gasteiger partial charge in [0.15, 0.2) is 11.3 Å². The van der Waals surface area contributed by atoms with Crippen molar-refractivity contribution < 1.29 is 37.1 Å². The lowest BCUT2D eigenvalue weighted by molar-refractivity contribution is -0.141. The normalized spacial score (nSPS) is 11.7. The number of aromatic nitrogens is 1. The van der Waals surface area contributed by atoms with Gasteiger partial charge in [-0.05, 0) is 42.2 Å². The highest BCUT2D eigenvalue weighted by Gasteiger charge is 2.37. The van der Waals surface area contributed by atoms with Gasteiger partial charge in [0.1, 0.15) is 11.5 Å². The summed E-state index contributed by atoms with van der Waals surface area (Å²) in [7, 11) is 0. The third-order valence-electron chi connectivity index (χ3n) is 5.27. The number of nitrogens with zero attached hydrogens (tertiary/aromatic N) is 1. The molecule has 34 heavy (non-hydrogen) atoms. The van der Waals surface area contributed by atoms with Crippen molar-refractivity contribution in [3.05, 3.63) is 52.7 Å². The van der Waals surface area contributed by atoms with Crippen LogP contribution in [0.1, 0.15) is 55.5 Å². The molecule has 0 aliphatic heterocycles. The number of rotatable bonds is 12. The number of carboxylic acid groups (broad SMARTS) is 1. The minimum atomic E-state index is -4.59. The molecular formula is C25H28F3NO5. The largest absolute Gasteiger partial charge is 0.493 e. The van der Waals surface area contributed by atoms with E-state index in [1.54, 1.807) is 12.1 Å². The minimum Gasteiger partial charge on any atom is -0.493 e. The third-order valence-corrected chi connectivity index (χ3v) is 5.27. The SMILES string of the molecule is CCCc1cc(CC(=O)O)ccc1OCCCOc1ccc2c(C(F)(F)F)noc2c1CCC. The zero-order valence-electron chi connectivity index (χ0n) is 19.2. The summed E-state index contributed by atoms with van der Waals surface area (Å²) < 4.78 is 56.3. The van der Waals surface area contributed by atoms with Crippen LogP contribution in [0.3, 0.4) is 0 Å². The van der Waals surface area contributed by atoms with Crippen molar-refractivity contribution in [2.45, 2.75) is 58.5 Å². The highest BCUT2D eigenvalue weighted by atomic mass is 19.4. The summed E-state index contributed by atoms with van der Waals surface area (Å²) in [5, 5.41) is 12.2. The van der Waals surface area contributed by atoms with Crippen LogP contribution >= 0.6 is 0 Å². The average Bonchev–Trinajstić information content (AvgIpc) is 3.21. The van der Waals surface area contributed by atoms with Crippen molar-refractivity contribution >= 4 is 16.9 Å². The van der Waals surface area contributed by atoms with Crippen molar-refractivity contribution in [1.82, 2.24) is 5.16 Å². The van der Waals surface area contributed by atoms with Gasteiger partial charge >= 0.3 is 12.1 Å². The fourth-order valence-electron chi connectivity index (χ4n) is 3.81. The summed E-state index contributed by atoms with van der Waals surface area (Å²) in [6, 6.07) is 8.26. The molecule has 0 saturated heterocycles. The molecule has 0 atom stereocenters. The van der Waals surface area contributed by atoms with Crippen LogP contribution in [-0.2, 0) is 30.2 Å². The van der Waals surface area contributed by atoms with Gasteiger partial charge in [0.2, 0.25) is 0 Å². The zero-order chi connectivity index (χ0) is 24.7. The summed E-state index contributed by atoms with van der Waals surface area (Å²) in [4.78, 5) is 11.0. The molecule has 3 aromatic rings. The summed E-state index contributed by atoms with van der Waals surface area (Å²) in [6.45, 7) is 4.65. The number of ether oxygens (including phenoxy) is 2. The lowest BCUT2D eigenvalue weighted by atomic mass is 10.0. The first-order valence-corrected chi connectivity index (χ1v) is 11.3. The lowest BCUT2D eigenvalue weighted by Gasteiger charge is -2.14. The Morgan fingerprint density at radius 1 is 1.03 bits per heavy atom. The maximum Gasteiger partial charge on any atom is 0.437 e. The van der Waals surface area contributed by atoms with Gasteiger partial charge in [-0.3, -0.25) is 4.79 Å². The Morgan fingerprint density at radius 2 is 1.71 bits per heavy atom. The van der Waals surface area contributed by atoms with Crippen molar-refractivity contribution in [2.24, 2.45) is 0 Å². The molecule has 0 aliphatic rings. The summed E-state index contributed by atoms with van der Waals surface area (Å²) in [6.07, 6.45) is -1.19. The fraction of sp³-hybridized carbons (Fsp3) is 0.440. The molecule has 6 nitrogen and oxygen atoms in total. The number of halogens is 3. The van der Waals surface area contributed by atoms with Gasteiger partial charge in [0.05, 0.1) is 25.0 Å². The zero-order valence-corrected chi connectivity index (χ0v) is 19.2. The monoisotopic (exact) mass is 479 g/mol. The van der Waals surface area contributed by atoms with E-state index in [0.29, 0.717) is 49.5 Å². The van der Waals surface area contributed by atoms with Crippen molar-refractivity contribution in [2.75, 3.05) is 13.2 Å². The summed E-state index contributed by atoms with van der Waals surface area (Å²) >= 11 is 0. The summed E-state index contributed by atoms with van der Waals surface area (Å²) in [5.74, 6) is 0.309. The van der Waals surface area contributed by atoms with Gasteiger partial charge in [-0.2, -0.15) is 13.2 Å². The first-order valence-electron chi connectivity index (χ1n) is 11.3. The number of hydrogen-bond acceptors (Lipinski definition) is 5. The number of carbonyl (C=O) groups is 1. The Balaban J connectivity index is 1.63. The predicted octanol–water partition coefficient (Wildman–Crippen LogP) is 6.23. The van der Waals surface area contributed by atoms with Gasteiger partial charge < -0.3 is 19.1 Å². The molecule has 0 bridgehead atoms. The van der Waals surface area contributed by atoms with E-state index in [1.807, 2.05) is 19.9 Å². The van der Waals surface area contributed by atoms with E-state index in [1.165, 1.54) is 12.1 Å². The van der Waals surface area contributed by atoms with E-state index >= 15 is 0 Å². The Morgan fingerprint density at radius 3 is 2.35 bits per heavy atom. The minimum absolute atomic E-state index is 0.0368. The van der Waals surface area contributed by atoms with Crippen LogP contribution in [0.4, 0.5) is 13.2 Å². The van der Waals surface area contributed by atoms with Gasteiger partial charge in [-0.15, -0.1) is 0 Å². The molecule has 1 heterocycles. The smallest absolute Gasteiger partial charge is 0.437 e. The van der Waals surface area contributed by atoms with Crippen LogP contribution in [0.2, 0.25) is 0 Å². The Kier molecular flexibility index (Phi) is 8.41. The van der Waals surface area contributed by atoms with Gasteiger partial charge in [0.25, 0.3) is 0 Å². The molecule has 0 amide bonds. The number of fused-ring (bicyclic) bond motifs is 1. The lowest BCUT2D eigenvalue weighted by Crippen LogP contribution is -2.08. The van der Waals surface area contributed by atoms with E-state index < -0.39 is 17.8 Å². The fourth-order valence-corrected chi connectivity index (χ4v) is 3.81. The van der Waals surface area contributed by atoms with Crippen LogP contribution in [0, 0.1) is 0 Å². The average molecular weight is 479 g/mol. The number of carboxylic acids is 1. The maximum atomic E-state index is 13.2. The molecule has 184 valence electrons. The molecule has 9 heteroatoms. The first-order chi connectivity index (χ1) is 16.2. The number of hydrogen-bond donors (Lipinski definition) is 1. The highest BCUT2D eigenvalue weighted by Crippen LogP contribution is 2.38. The molecule has 0 radical (unpaired) electrons. The Hall–Kier alpha value is -3.23. The molecule has 0 spiro atoms. The van der Waals surface area contributed by atoms with Crippen LogP contribution in [-0.4, -0.2) is 29.4 Å². The van der Waals surface area contributed by atoms with E-state index in [9.17, 15) is 18.0 Å². The van der Waals surface area contributed by atoms with Crippen molar-refractivity contribution in [3.8, 4) is 11.5 Å². The second-order valence-electron chi connectivity index (χ2n) is 8.01. The number of alkyl halides is 3. The summed E-state index contributed by atoms with van der Waals surface area (Å²) in [5.41, 5.74) is 1.34. The predicted molar refractivity (Wildman–Crippen MR) is 120 cm³/mol. The first kappa shape index (κ1) is 25.4. The van der Waals surface area contributed by atoms with E-state index in [4.69, 9.17) is 19.1 Å². The molecule has 1 aromatic heterocycles. The Labute approximate surface area is 195 Å². The number of benzene rings is 2. The van der Waals surface area contributed by atoms with E-state index in [2.05, 4.69) is 5.16 Å². The second kappa shape index (κ2) is 11.3. The molecule has 0 saturated carbocycles. The van der Waals surface area contributed by atoms with Crippen LogP contribution in [0.25, 0.3) is 11.0 Å². The Bertz CT molecular complexity index is 1120. The van der Waals surface area contributed by atoms with Gasteiger partial charge in [-0.1, -0.05) is 44.0 Å². The number of aryl methyl sites for hydroxylation is 2. The molecule has 0 unspecified atom stereocenters. The quantitative estimate of drug-likeness (QED) is 0.310. The number of aliphatic carboxylic acids is 1. The molecule has 0 fully saturated rings. The standard InChI is InChI=1S/C25H28F3NO5/c1-3-6-17-14-16(15-22(30)31)8-10-20(17)32-12-5-13-33-21-11-9-19-23(18(21)7-4-2)34-29-24(19)25(26,27)28/h8-11,14H,3-7,12-13,15H2,1-2H3,(H,30,31).